The summed E-state index contributed by atoms with van der Waals surface area (Å²) in [4.78, 5) is 26.7. The molecule has 1 aliphatic carbocycles. The van der Waals surface area contributed by atoms with E-state index in [4.69, 9.17) is 9.47 Å². The van der Waals surface area contributed by atoms with E-state index >= 15 is 0 Å². The maximum atomic E-state index is 12.0. The quantitative estimate of drug-likeness (QED) is 0.795. The van der Waals surface area contributed by atoms with Crippen LogP contribution in [0.5, 0.6) is 5.75 Å². The first kappa shape index (κ1) is 16.4. The Bertz CT molecular complexity index is 766. The number of fused-ring (bicyclic) bond motifs is 3. The molecule has 128 valence electrons. The summed E-state index contributed by atoms with van der Waals surface area (Å²) in [5.74, 6) is 0.383. The Morgan fingerprint density at radius 1 is 1.29 bits per heavy atom. The Kier molecular flexibility index (Phi) is 4.74. The monoisotopic (exact) mass is 330 g/mol. The molecule has 0 aliphatic heterocycles. The lowest BCUT2D eigenvalue weighted by atomic mass is 10.1. The van der Waals surface area contributed by atoms with E-state index in [0.717, 1.165) is 35.2 Å². The number of rotatable bonds is 6. The van der Waals surface area contributed by atoms with E-state index in [1.54, 1.807) is 14.0 Å². The van der Waals surface area contributed by atoms with Crippen LogP contribution in [0, 0.1) is 0 Å². The highest BCUT2D eigenvalue weighted by Gasteiger charge is 2.26. The molecule has 6 nitrogen and oxygen atoms in total. The molecule has 0 fully saturated rings. The van der Waals surface area contributed by atoms with Crippen LogP contribution in [0.2, 0.25) is 0 Å². The van der Waals surface area contributed by atoms with E-state index in [0.29, 0.717) is 6.61 Å². The summed E-state index contributed by atoms with van der Waals surface area (Å²) in [6, 6.07) is 6.04. The number of benzene rings is 1. The number of methoxy groups -OCH3 is 1. The summed E-state index contributed by atoms with van der Waals surface area (Å²) in [5, 5.41) is 4.15. The van der Waals surface area contributed by atoms with Crippen molar-refractivity contribution in [1.82, 2.24) is 10.3 Å². The van der Waals surface area contributed by atoms with Gasteiger partial charge in [-0.05, 0) is 37.1 Å². The Morgan fingerprint density at radius 3 is 2.88 bits per heavy atom. The normalized spacial score (nSPS) is 16.0. The third kappa shape index (κ3) is 3.37. The first-order valence-corrected chi connectivity index (χ1v) is 8.23. The molecule has 0 radical (unpaired) electrons. The Balaban J connectivity index is 1.60. The van der Waals surface area contributed by atoms with Crippen molar-refractivity contribution in [3.63, 3.8) is 0 Å². The summed E-state index contributed by atoms with van der Waals surface area (Å²) in [6.45, 7) is 2.10. The summed E-state index contributed by atoms with van der Waals surface area (Å²) >= 11 is 0. The molecule has 1 unspecified atom stereocenters. The summed E-state index contributed by atoms with van der Waals surface area (Å²) < 4.78 is 10.1. The molecule has 1 aromatic carbocycles. The van der Waals surface area contributed by atoms with Crippen LogP contribution in [0.15, 0.2) is 18.2 Å². The van der Waals surface area contributed by atoms with Gasteiger partial charge in [0.25, 0.3) is 0 Å². The molecule has 3 rings (SSSR count). The van der Waals surface area contributed by atoms with E-state index in [-0.39, 0.29) is 30.8 Å². The minimum absolute atomic E-state index is 0.0662. The lowest BCUT2D eigenvalue weighted by Gasteiger charge is -2.12. The summed E-state index contributed by atoms with van der Waals surface area (Å²) in [7, 11) is 1.65. The third-order valence-electron chi connectivity index (χ3n) is 4.33. The summed E-state index contributed by atoms with van der Waals surface area (Å²) in [5.41, 5.74) is 3.49. The van der Waals surface area contributed by atoms with Gasteiger partial charge < -0.3 is 19.8 Å². The number of hydrogen-bond donors (Lipinski definition) is 2. The van der Waals surface area contributed by atoms with Crippen LogP contribution in [0.25, 0.3) is 10.9 Å². The zero-order valence-corrected chi connectivity index (χ0v) is 14.0. The van der Waals surface area contributed by atoms with Crippen LogP contribution in [0.3, 0.4) is 0 Å². The minimum atomic E-state index is -0.331. The molecular formula is C18H22N2O4. The molecule has 0 spiro atoms. The fraction of sp³-hybridized carbons (Fsp3) is 0.444. The molecule has 0 saturated heterocycles. The Hall–Kier alpha value is -2.50. The van der Waals surface area contributed by atoms with Gasteiger partial charge in [-0.1, -0.05) is 0 Å². The Morgan fingerprint density at radius 2 is 2.12 bits per heavy atom. The smallest absolute Gasteiger partial charge is 0.306 e. The van der Waals surface area contributed by atoms with Gasteiger partial charge in [-0.2, -0.15) is 0 Å². The van der Waals surface area contributed by atoms with E-state index in [9.17, 15) is 9.59 Å². The first-order valence-electron chi connectivity index (χ1n) is 8.23. The number of nitrogens with one attached hydrogen (secondary N) is 2. The van der Waals surface area contributed by atoms with E-state index < -0.39 is 0 Å². The molecule has 1 atom stereocenters. The van der Waals surface area contributed by atoms with Gasteiger partial charge in [-0.25, -0.2) is 0 Å². The van der Waals surface area contributed by atoms with E-state index in [1.165, 1.54) is 5.56 Å². The number of carbonyl (C=O) groups excluding carboxylic acids is 2. The zero-order chi connectivity index (χ0) is 17.1. The molecular weight excluding hydrogens is 308 g/mol. The molecule has 0 saturated carbocycles. The third-order valence-corrected chi connectivity index (χ3v) is 4.33. The van der Waals surface area contributed by atoms with Gasteiger partial charge in [0.1, 0.15) is 5.75 Å². The zero-order valence-electron chi connectivity index (χ0n) is 14.0. The molecule has 2 aromatic rings. The van der Waals surface area contributed by atoms with Crippen LogP contribution in [-0.4, -0.2) is 36.6 Å². The van der Waals surface area contributed by atoms with E-state index in [2.05, 4.69) is 10.3 Å². The second-order valence-corrected chi connectivity index (χ2v) is 5.97. The number of aromatic nitrogens is 1. The number of carbonyl (C=O) groups is 2. The highest BCUT2D eigenvalue weighted by Crippen LogP contribution is 2.32. The van der Waals surface area contributed by atoms with Crippen molar-refractivity contribution in [2.45, 2.75) is 38.6 Å². The second kappa shape index (κ2) is 6.95. The predicted molar refractivity (Wildman–Crippen MR) is 90.1 cm³/mol. The maximum Gasteiger partial charge on any atom is 0.306 e. The average Bonchev–Trinajstić information content (AvgIpc) is 3.09. The van der Waals surface area contributed by atoms with Gasteiger partial charge in [-0.15, -0.1) is 0 Å². The van der Waals surface area contributed by atoms with Gasteiger partial charge in [-0.3, -0.25) is 9.59 Å². The number of amides is 1. The van der Waals surface area contributed by atoms with Crippen LogP contribution >= 0.6 is 0 Å². The molecule has 2 N–H and O–H groups in total. The van der Waals surface area contributed by atoms with Crippen molar-refractivity contribution in [3.8, 4) is 5.75 Å². The first-order chi connectivity index (χ1) is 11.6. The van der Waals surface area contributed by atoms with E-state index in [1.807, 2.05) is 18.2 Å². The summed E-state index contributed by atoms with van der Waals surface area (Å²) in [6.07, 6.45) is 1.85. The molecule has 24 heavy (non-hydrogen) atoms. The fourth-order valence-electron chi connectivity index (χ4n) is 3.23. The van der Waals surface area contributed by atoms with Crippen LogP contribution < -0.4 is 10.1 Å². The van der Waals surface area contributed by atoms with Gasteiger partial charge >= 0.3 is 5.97 Å². The van der Waals surface area contributed by atoms with Crippen molar-refractivity contribution < 1.29 is 19.1 Å². The van der Waals surface area contributed by atoms with Crippen LogP contribution in [0.1, 0.15) is 31.0 Å². The van der Waals surface area contributed by atoms with Gasteiger partial charge in [0.2, 0.25) is 5.91 Å². The average molecular weight is 330 g/mol. The molecule has 6 heteroatoms. The number of aromatic amines is 1. The number of H-pyrrole nitrogens is 1. The van der Waals surface area contributed by atoms with Crippen LogP contribution in [0.4, 0.5) is 0 Å². The second-order valence-electron chi connectivity index (χ2n) is 5.97. The van der Waals surface area contributed by atoms with Gasteiger partial charge in [0, 0.05) is 35.5 Å². The van der Waals surface area contributed by atoms with Crippen molar-refractivity contribution >= 4 is 22.8 Å². The van der Waals surface area contributed by atoms with Crippen molar-refractivity contribution in [3.05, 3.63) is 29.5 Å². The molecule has 1 amide bonds. The SMILES string of the molecule is CCOC(=O)CCC(=O)NC1Cc2[nH]c3ccc(OC)cc3c2C1. The molecule has 0 bridgehead atoms. The van der Waals surface area contributed by atoms with Gasteiger partial charge in [0.05, 0.1) is 20.1 Å². The predicted octanol–water partition coefficient (Wildman–Crippen LogP) is 2.10. The lowest BCUT2D eigenvalue weighted by molar-refractivity contribution is -0.144. The highest BCUT2D eigenvalue weighted by atomic mass is 16.5. The lowest BCUT2D eigenvalue weighted by Crippen LogP contribution is -2.35. The van der Waals surface area contributed by atoms with Crippen molar-refractivity contribution in [2.24, 2.45) is 0 Å². The van der Waals surface area contributed by atoms with Crippen molar-refractivity contribution in [2.75, 3.05) is 13.7 Å². The molecule has 1 aromatic heterocycles. The topological polar surface area (TPSA) is 80.4 Å². The number of ether oxygens (including phenoxy) is 2. The largest absolute Gasteiger partial charge is 0.497 e. The number of esters is 1. The standard InChI is InChI=1S/C18H22N2O4/c1-3-24-18(22)7-6-17(21)19-11-8-13-14-10-12(23-2)4-5-15(14)20-16(13)9-11/h4-5,10-11,20H,3,6-9H2,1-2H3,(H,19,21). The van der Waals surface area contributed by atoms with Crippen molar-refractivity contribution in [1.29, 1.82) is 0 Å². The Labute approximate surface area is 140 Å². The minimum Gasteiger partial charge on any atom is -0.497 e. The highest BCUT2D eigenvalue weighted by molar-refractivity contribution is 5.87. The maximum absolute atomic E-state index is 12.0. The molecule has 1 heterocycles. The van der Waals surface area contributed by atoms with Gasteiger partial charge in [0.15, 0.2) is 0 Å². The molecule has 1 aliphatic rings. The van der Waals surface area contributed by atoms with Crippen LogP contribution in [-0.2, 0) is 27.2 Å². The number of hydrogen-bond acceptors (Lipinski definition) is 4. The fourth-order valence-corrected chi connectivity index (χ4v) is 3.23.